The lowest BCUT2D eigenvalue weighted by Crippen LogP contribution is -2.20. The molecule has 0 bridgehead atoms. The number of carbonyl (C=O) groups excluding carboxylic acids is 1. The molecule has 0 fully saturated rings. The van der Waals surface area contributed by atoms with Crippen molar-refractivity contribution < 1.29 is 13.2 Å². The molecule has 6 heteroatoms. The van der Waals surface area contributed by atoms with Crippen LogP contribution >= 0.6 is 0 Å². The van der Waals surface area contributed by atoms with Crippen LogP contribution in [0.4, 0.5) is 11.4 Å². The third-order valence-corrected chi connectivity index (χ3v) is 5.97. The fraction of sp³-hybridized carbons (Fsp3) is 0.278. The number of amides is 1. The van der Waals surface area contributed by atoms with Crippen LogP contribution in [-0.4, -0.2) is 21.4 Å². The third kappa shape index (κ3) is 2.78. The van der Waals surface area contributed by atoms with Gasteiger partial charge in [-0.2, -0.15) is 0 Å². The first-order valence-electron chi connectivity index (χ1n) is 7.69. The van der Waals surface area contributed by atoms with E-state index in [1.165, 1.54) is 0 Å². The normalized spacial score (nSPS) is 14.0. The van der Waals surface area contributed by atoms with Crippen molar-refractivity contribution in [2.75, 3.05) is 16.7 Å². The number of sulfonamides is 1. The fourth-order valence-corrected chi connectivity index (χ4v) is 4.84. The molecule has 0 aromatic heterocycles. The first-order valence-corrected chi connectivity index (χ1v) is 9.17. The molecule has 0 aliphatic carbocycles. The van der Waals surface area contributed by atoms with E-state index in [4.69, 9.17) is 0 Å². The lowest BCUT2D eigenvalue weighted by molar-refractivity contribution is -0.117. The van der Waals surface area contributed by atoms with Gasteiger partial charge in [0.2, 0.25) is 5.91 Å². The molecule has 0 spiro atoms. The zero-order chi connectivity index (χ0) is 17.6. The maximum absolute atomic E-state index is 12.8. The quantitative estimate of drug-likeness (QED) is 0.931. The molecular formula is C18H20N2O3S. The summed E-state index contributed by atoms with van der Waals surface area (Å²) in [6.45, 7) is 5.54. The summed E-state index contributed by atoms with van der Waals surface area (Å²) in [6.07, 6.45) is 0.296. The Labute approximate surface area is 142 Å². The highest BCUT2D eigenvalue weighted by Crippen LogP contribution is 2.31. The number of hydrogen-bond donors (Lipinski definition) is 1. The van der Waals surface area contributed by atoms with Gasteiger partial charge in [-0.25, -0.2) is 8.42 Å². The summed E-state index contributed by atoms with van der Waals surface area (Å²) in [5.41, 5.74) is 4.59. The monoisotopic (exact) mass is 344 g/mol. The second-order valence-electron chi connectivity index (χ2n) is 6.31. The smallest absolute Gasteiger partial charge is 0.262 e. The van der Waals surface area contributed by atoms with Crippen molar-refractivity contribution in [1.29, 1.82) is 0 Å². The molecule has 1 aliphatic rings. The van der Waals surface area contributed by atoms with E-state index in [9.17, 15) is 13.2 Å². The number of anilines is 2. The van der Waals surface area contributed by atoms with E-state index in [0.717, 1.165) is 27.9 Å². The van der Waals surface area contributed by atoms with Crippen molar-refractivity contribution in [2.24, 2.45) is 0 Å². The Morgan fingerprint density at radius 1 is 1.04 bits per heavy atom. The third-order valence-electron chi connectivity index (χ3n) is 4.28. The number of nitrogens with zero attached hydrogens (tertiary/aromatic N) is 1. The van der Waals surface area contributed by atoms with E-state index in [0.29, 0.717) is 17.0 Å². The molecule has 1 heterocycles. The first-order chi connectivity index (χ1) is 11.2. The Balaban J connectivity index is 1.97. The minimum absolute atomic E-state index is 0.00947. The summed E-state index contributed by atoms with van der Waals surface area (Å²) in [4.78, 5) is 13.6. The molecule has 0 atom stereocenters. The maximum Gasteiger partial charge on any atom is 0.262 e. The number of rotatable bonds is 3. The average Bonchev–Trinajstić information content (AvgIpc) is 2.71. The molecule has 1 aliphatic heterocycles. The largest absolute Gasteiger partial charge is 0.315 e. The van der Waals surface area contributed by atoms with Crippen LogP contribution in [0, 0.1) is 20.8 Å². The van der Waals surface area contributed by atoms with Gasteiger partial charge in [-0.15, -0.1) is 0 Å². The Morgan fingerprint density at radius 2 is 1.67 bits per heavy atom. The minimum atomic E-state index is -3.68. The predicted octanol–water partition coefficient (Wildman–Crippen LogP) is 2.93. The topological polar surface area (TPSA) is 66.5 Å². The van der Waals surface area contributed by atoms with E-state index < -0.39 is 10.0 Å². The molecule has 0 saturated heterocycles. The minimum Gasteiger partial charge on any atom is -0.315 e. The lowest BCUT2D eigenvalue weighted by atomic mass is 10.1. The molecule has 5 nitrogen and oxygen atoms in total. The van der Waals surface area contributed by atoms with Gasteiger partial charge in [0, 0.05) is 18.4 Å². The van der Waals surface area contributed by atoms with Gasteiger partial charge in [0.05, 0.1) is 11.3 Å². The molecule has 2 aromatic carbocycles. The summed E-state index contributed by atoms with van der Waals surface area (Å²) in [5.74, 6) is 0.00947. The Morgan fingerprint density at radius 3 is 2.29 bits per heavy atom. The first kappa shape index (κ1) is 16.5. The van der Waals surface area contributed by atoms with Crippen LogP contribution in [0.5, 0.6) is 0 Å². The Hall–Kier alpha value is -2.34. The number of nitrogens with one attached hydrogen (secondary N) is 1. The molecule has 1 N–H and O–H groups in total. The van der Waals surface area contributed by atoms with Crippen LogP contribution in [0.1, 0.15) is 22.3 Å². The van der Waals surface area contributed by atoms with Crippen molar-refractivity contribution in [1.82, 2.24) is 0 Å². The van der Waals surface area contributed by atoms with Gasteiger partial charge in [-0.05, 0) is 55.7 Å². The molecule has 126 valence electrons. The number of benzene rings is 2. The lowest BCUT2D eigenvalue weighted by Gasteiger charge is -2.15. The number of hydrogen-bond acceptors (Lipinski definition) is 3. The standard InChI is InChI=1S/C18H20N2O3S/c1-11-7-12(2)18(13(3)8-11)24(22,23)19-15-5-6-16-14(9-15)10-17(21)20(16)4/h5-9,19H,10H2,1-4H3. The summed E-state index contributed by atoms with van der Waals surface area (Å²) in [5, 5.41) is 0. The molecule has 24 heavy (non-hydrogen) atoms. The predicted molar refractivity (Wildman–Crippen MR) is 95.0 cm³/mol. The summed E-state index contributed by atoms with van der Waals surface area (Å²) in [6, 6.07) is 8.90. The van der Waals surface area contributed by atoms with E-state index in [1.807, 2.05) is 19.1 Å². The van der Waals surface area contributed by atoms with Crippen LogP contribution in [0.3, 0.4) is 0 Å². The second-order valence-corrected chi connectivity index (χ2v) is 7.93. The van der Waals surface area contributed by atoms with Gasteiger partial charge in [-0.1, -0.05) is 17.7 Å². The molecule has 3 rings (SSSR count). The van der Waals surface area contributed by atoms with Crippen LogP contribution in [-0.2, 0) is 21.2 Å². The van der Waals surface area contributed by atoms with Crippen molar-refractivity contribution in [2.45, 2.75) is 32.1 Å². The second kappa shape index (κ2) is 5.63. The Bertz CT molecular complexity index is 926. The highest BCUT2D eigenvalue weighted by molar-refractivity contribution is 7.92. The van der Waals surface area contributed by atoms with Crippen molar-refractivity contribution >= 4 is 27.3 Å². The SMILES string of the molecule is Cc1cc(C)c(S(=O)(=O)Nc2ccc3c(c2)CC(=O)N3C)c(C)c1. The summed E-state index contributed by atoms with van der Waals surface area (Å²) < 4.78 is 28.2. The van der Waals surface area contributed by atoms with E-state index >= 15 is 0 Å². The van der Waals surface area contributed by atoms with Crippen LogP contribution < -0.4 is 9.62 Å². The summed E-state index contributed by atoms with van der Waals surface area (Å²) >= 11 is 0. The molecule has 0 saturated carbocycles. The van der Waals surface area contributed by atoms with E-state index in [2.05, 4.69) is 4.72 Å². The van der Waals surface area contributed by atoms with Crippen LogP contribution in [0.15, 0.2) is 35.2 Å². The van der Waals surface area contributed by atoms with Gasteiger partial charge < -0.3 is 4.90 Å². The summed E-state index contributed by atoms with van der Waals surface area (Å²) in [7, 11) is -1.97. The number of fused-ring (bicyclic) bond motifs is 1. The van der Waals surface area contributed by atoms with Crippen LogP contribution in [0.2, 0.25) is 0 Å². The average molecular weight is 344 g/mol. The van der Waals surface area contributed by atoms with Gasteiger partial charge in [0.15, 0.2) is 0 Å². The number of aryl methyl sites for hydroxylation is 3. The van der Waals surface area contributed by atoms with Gasteiger partial charge >= 0.3 is 0 Å². The zero-order valence-corrected chi connectivity index (χ0v) is 15.0. The maximum atomic E-state index is 12.8. The molecule has 0 radical (unpaired) electrons. The van der Waals surface area contributed by atoms with Gasteiger partial charge in [0.25, 0.3) is 10.0 Å². The van der Waals surface area contributed by atoms with Crippen molar-refractivity contribution in [3.05, 3.63) is 52.6 Å². The van der Waals surface area contributed by atoms with E-state index in [-0.39, 0.29) is 5.91 Å². The van der Waals surface area contributed by atoms with Crippen LogP contribution in [0.25, 0.3) is 0 Å². The molecule has 0 unspecified atom stereocenters. The highest BCUT2D eigenvalue weighted by atomic mass is 32.2. The molecule has 2 aromatic rings. The van der Waals surface area contributed by atoms with E-state index in [1.54, 1.807) is 44.0 Å². The number of likely N-dealkylation sites (N-methyl/N-ethyl adjacent to an activating group) is 1. The van der Waals surface area contributed by atoms with Crippen molar-refractivity contribution in [3.63, 3.8) is 0 Å². The zero-order valence-electron chi connectivity index (χ0n) is 14.2. The highest BCUT2D eigenvalue weighted by Gasteiger charge is 2.25. The van der Waals surface area contributed by atoms with Gasteiger partial charge in [0.1, 0.15) is 0 Å². The fourth-order valence-electron chi connectivity index (χ4n) is 3.33. The van der Waals surface area contributed by atoms with Crippen molar-refractivity contribution in [3.8, 4) is 0 Å². The number of carbonyl (C=O) groups is 1. The van der Waals surface area contributed by atoms with Gasteiger partial charge in [-0.3, -0.25) is 9.52 Å². The Kier molecular flexibility index (Phi) is 3.87. The molecular weight excluding hydrogens is 324 g/mol. The molecule has 1 amide bonds.